The van der Waals surface area contributed by atoms with Crippen LogP contribution in [0.3, 0.4) is 0 Å². The van der Waals surface area contributed by atoms with Crippen molar-refractivity contribution in [3.63, 3.8) is 0 Å². The van der Waals surface area contributed by atoms with Crippen molar-refractivity contribution < 1.29 is 0 Å². The third-order valence-corrected chi connectivity index (χ3v) is 5.76. The molecule has 2 aromatic carbocycles. The SMILES string of the molecule is C[Si](CCc1cccc(Br)c1)c1ccccc1. The molecule has 1 radical (unpaired) electrons. The lowest BCUT2D eigenvalue weighted by Crippen LogP contribution is -2.26. The molecule has 2 aromatic rings. The molecule has 0 amide bonds. The van der Waals surface area contributed by atoms with Crippen molar-refractivity contribution in [2.24, 2.45) is 0 Å². The van der Waals surface area contributed by atoms with E-state index in [1.165, 1.54) is 27.7 Å². The van der Waals surface area contributed by atoms with Gasteiger partial charge in [0.2, 0.25) is 0 Å². The first kappa shape index (κ1) is 12.6. The molecule has 2 rings (SSSR count). The first-order chi connectivity index (χ1) is 8.25. The Kier molecular flexibility index (Phi) is 4.57. The monoisotopic (exact) mass is 303 g/mol. The fourth-order valence-electron chi connectivity index (χ4n) is 1.89. The molecular weight excluding hydrogens is 288 g/mol. The Morgan fingerprint density at radius 3 is 2.47 bits per heavy atom. The first-order valence-corrected chi connectivity index (χ1v) is 8.88. The van der Waals surface area contributed by atoms with Crippen LogP contribution < -0.4 is 5.19 Å². The molecule has 0 N–H and O–H groups in total. The number of aryl methyl sites for hydroxylation is 1. The molecule has 0 saturated carbocycles. The highest BCUT2D eigenvalue weighted by Crippen LogP contribution is 2.13. The summed E-state index contributed by atoms with van der Waals surface area (Å²) < 4.78 is 1.18. The van der Waals surface area contributed by atoms with Gasteiger partial charge < -0.3 is 0 Å². The highest BCUT2D eigenvalue weighted by atomic mass is 79.9. The molecule has 0 aliphatic carbocycles. The molecule has 0 unspecified atom stereocenters. The molecule has 0 aliphatic heterocycles. The molecule has 0 saturated heterocycles. The number of hydrogen-bond donors (Lipinski definition) is 0. The topological polar surface area (TPSA) is 0 Å². The van der Waals surface area contributed by atoms with Gasteiger partial charge in [-0.05, 0) is 24.1 Å². The normalized spacial score (nSPS) is 10.8. The fraction of sp³-hybridized carbons (Fsp3) is 0.200. The van der Waals surface area contributed by atoms with Crippen LogP contribution in [0.15, 0.2) is 59.1 Å². The fourth-order valence-corrected chi connectivity index (χ4v) is 4.05. The van der Waals surface area contributed by atoms with Gasteiger partial charge in [0.25, 0.3) is 0 Å². The lowest BCUT2D eigenvalue weighted by molar-refractivity contribution is 1.11. The highest BCUT2D eigenvalue weighted by Gasteiger charge is 2.07. The van der Waals surface area contributed by atoms with Crippen molar-refractivity contribution >= 4 is 29.9 Å². The Morgan fingerprint density at radius 2 is 1.76 bits per heavy atom. The van der Waals surface area contributed by atoms with Crippen molar-refractivity contribution in [1.29, 1.82) is 0 Å². The summed E-state index contributed by atoms with van der Waals surface area (Å²) in [5.41, 5.74) is 1.43. The maximum Gasteiger partial charge on any atom is 0.0827 e. The number of rotatable bonds is 4. The summed E-state index contributed by atoms with van der Waals surface area (Å²) in [6.45, 7) is 2.40. The molecule has 0 atom stereocenters. The van der Waals surface area contributed by atoms with E-state index in [1.54, 1.807) is 0 Å². The molecule has 0 aromatic heterocycles. The van der Waals surface area contributed by atoms with Gasteiger partial charge in [0.05, 0.1) is 8.80 Å². The molecular formula is C15H16BrSi. The van der Waals surface area contributed by atoms with Crippen molar-refractivity contribution in [3.8, 4) is 0 Å². The van der Waals surface area contributed by atoms with Crippen molar-refractivity contribution in [3.05, 3.63) is 64.6 Å². The maximum atomic E-state index is 3.52. The summed E-state index contributed by atoms with van der Waals surface area (Å²) in [7, 11) is -0.393. The predicted octanol–water partition coefficient (Wildman–Crippen LogP) is 4.02. The largest absolute Gasteiger partial charge is 0.0827 e. The van der Waals surface area contributed by atoms with Gasteiger partial charge in [-0.25, -0.2) is 0 Å². The molecule has 2 heteroatoms. The van der Waals surface area contributed by atoms with Crippen molar-refractivity contribution in [2.75, 3.05) is 0 Å². The van der Waals surface area contributed by atoms with E-state index in [4.69, 9.17) is 0 Å². The van der Waals surface area contributed by atoms with Crippen molar-refractivity contribution in [2.45, 2.75) is 19.0 Å². The summed E-state index contributed by atoms with van der Waals surface area (Å²) in [5.74, 6) is 0. The molecule has 0 spiro atoms. The summed E-state index contributed by atoms with van der Waals surface area (Å²) in [6, 6.07) is 20.8. The van der Waals surface area contributed by atoms with Gasteiger partial charge in [-0.15, -0.1) is 0 Å². The Bertz CT molecular complexity index is 467. The lowest BCUT2D eigenvalue weighted by Gasteiger charge is -2.09. The van der Waals surface area contributed by atoms with Crippen LogP contribution in [0.2, 0.25) is 12.6 Å². The van der Waals surface area contributed by atoms with Crippen LogP contribution in [0.5, 0.6) is 0 Å². The average Bonchev–Trinajstić information content (AvgIpc) is 2.37. The summed E-state index contributed by atoms with van der Waals surface area (Å²) in [5, 5.41) is 1.53. The average molecular weight is 304 g/mol. The van der Waals surface area contributed by atoms with Gasteiger partial charge in [0.1, 0.15) is 0 Å². The molecule has 0 fully saturated rings. The van der Waals surface area contributed by atoms with Crippen LogP contribution in [0.25, 0.3) is 0 Å². The molecule has 0 heterocycles. The zero-order valence-electron chi connectivity index (χ0n) is 9.99. The summed E-state index contributed by atoms with van der Waals surface area (Å²) in [6.07, 6.45) is 1.18. The third-order valence-electron chi connectivity index (χ3n) is 2.94. The van der Waals surface area contributed by atoms with Crippen LogP contribution >= 0.6 is 15.9 Å². The van der Waals surface area contributed by atoms with Crippen molar-refractivity contribution in [1.82, 2.24) is 0 Å². The molecule has 0 bridgehead atoms. The number of benzene rings is 2. The first-order valence-electron chi connectivity index (χ1n) is 5.88. The molecule has 0 nitrogen and oxygen atoms in total. The van der Waals surface area contributed by atoms with Gasteiger partial charge in [-0.2, -0.15) is 0 Å². The second-order valence-electron chi connectivity index (χ2n) is 4.28. The second-order valence-corrected chi connectivity index (χ2v) is 7.83. The summed E-state index contributed by atoms with van der Waals surface area (Å²) >= 11 is 3.52. The van der Waals surface area contributed by atoms with Crippen LogP contribution in [0, 0.1) is 0 Å². The van der Waals surface area contributed by atoms with E-state index in [2.05, 4.69) is 77.1 Å². The molecule has 0 aliphatic rings. The Morgan fingerprint density at radius 1 is 1.00 bits per heavy atom. The lowest BCUT2D eigenvalue weighted by atomic mass is 10.2. The van der Waals surface area contributed by atoms with Crippen LogP contribution in [-0.4, -0.2) is 8.80 Å². The number of hydrogen-bond acceptors (Lipinski definition) is 0. The minimum atomic E-state index is -0.393. The minimum absolute atomic E-state index is 0.393. The zero-order chi connectivity index (χ0) is 12.1. The van der Waals surface area contributed by atoms with Crippen LogP contribution in [-0.2, 0) is 6.42 Å². The molecule has 87 valence electrons. The van der Waals surface area contributed by atoms with E-state index in [9.17, 15) is 0 Å². The van der Waals surface area contributed by atoms with E-state index >= 15 is 0 Å². The third kappa shape index (κ3) is 3.82. The standard InChI is InChI=1S/C15H16BrSi/c1-17(15-8-3-2-4-9-15)11-10-13-6-5-7-14(16)12-13/h2-9,12H,10-11H2,1H3. The maximum absolute atomic E-state index is 3.52. The molecule has 17 heavy (non-hydrogen) atoms. The zero-order valence-corrected chi connectivity index (χ0v) is 12.6. The Balaban J connectivity index is 1.95. The van der Waals surface area contributed by atoms with Crippen LogP contribution in [0.4, 0.5) is 0 Å². The smallest absolute Gasteiger partial charge is 0.0669 e. The van der Waals surface area contributed by atoms with E-state index in [0.717, 1.165) is 0 Å². The Hall–Kier alpha value is -0.863. The van der Waals surface area contributed by atoms with E-state index in [0.29, 0.717) is 0 Å². The van der Waals surface area contributed by atoms with Gasteiger partial charge in [-0.1, -0.05) is 76.2 Å². The number of halogens is 1. The predicted molar refractivity (Wildman–Crippen MR) is 80.3 cm³/mol. The van der Waals surface area contributed by atoms with Gasteiger partial charge >= 0.3 is 0 Å². The highest BCUT2D eigenvalue weighted by molar-refractivity contribution is 9.10. The van der Waals surface area contributed by atoms with Gasteiger partial charge in [0, 0.05) is 4.47 Å². The van der Waals surface area contributed by atoms with E-state index in [1.807, 2.05) is 0 Å². The minimum Gasteiger partial charge on any atom is -0.0669 e. The van der Waals surface area contributed by atoms with Crippen LogP contribution in [0.1, 0.15) is 5.56 Å². The van der Waals surface area contributed by atoms with Gasteiger partial charge in [-0.3, -0.25) is 0 Å². The van der Waals surface area contributed by atoms with E-state index < -0.39 is 8.80 Å². The summed E-state index contributed by atoms with van der Waals surface area (Å²) in [4.78, 5) is 0. The van der Waals surface area contributed by atoms with Gasteiger partial charge in [0.15, 0.2) is 0 Å². The Labute approximate surface area is 113 Å². The quantitative estimate of drug-likeness (QED) is 0.748. The second kappa shape index (κ2) is 6.17. The van der Waals surface area contributed by atoms with E-state index in [-0.39, 0.29) is 0 Å².